The number of pyridine rings is 1. The topological polar surface area (TPSA) is 89.6 Å². The lowest BCUT2D eigenvalue weighted by atomic mass is 9.76. The van der Waals surface area contributed by atoms with Crippen molar-refractivity contribution in [2.45, 2.75) is 25.3 Å². The zero-order valence-electron chi connectivity index (χ0n) is 14.6. The van der Waals surface area contributed by atoms with Crippen molar-refractivity contribution < 1.29 is 18.3 Å². The van der Waals surface area contributed by atoms with Gasteiger partial charge in [-0.3, -0.25) is 4.79 Å². The summed E-state index contributed by atoms with van der Waals surface area (Å²) in [7, 11) is 0. The van der Waals surface area contributed by atoms with Crippen LogP contribution >= 0.6 is 0 Å². The van der Waals surface area contributed by atoms with Gasteiger partial charge >= 0.3 is 0 Å². The van der Waals surface area contributed by atoms with Crippen molar-refractivity contribution in [3.63, 3.8) is 0 Å². The molecule has 1 aliphatic heterocycles. The summed E-state index contributed by atoms with van der Waals surface area (Å²) in [5.41, 5.74) is 4.82. The zero-order chi connectivity index (χ0) is 19.2. The van der Waals surface area contributed by atoms with Gasteiger partial charge in [0.15, 0.2) is 11.5 Å². The first-order chi connectivity index (χ1) is 12.8. The van der Waals surface area contributed by atoms with E-state index in [2.05, 4.69) is 15.3 Å². The molecule has 8 heteroatoms. The molecule has 0 saturated heterocycles. The van der Waals surface area contributed by atoms with Gasteiger partial charge < -0.3 is 15.8 Å². The number of ether oxygens (including phenoxy) is 1. The van der Waals surface area contributed by atoms with Crippen LogP contribution < -0.4 is 11.1 Å². The number of nitrogens with two attached hydrogens (primary N) is 1. The van der Waals surface area contributed by atoms with Crippen molar-refractivity contribution in [2.24, 2.45) is 16.1 Å². The molecular weight excluding hydrogens is 354 g/mol. The summed E-state index contributed by atoms with van der Waals surface area (Å²) >= 11 is 0. The van der Waals surface area contributed by atoms with Crippen molar-refractivity contribution in [2.75, 3.05) is 11.9 Å². The molecule has 1 saturated carbocycles. The molecule has 3 N–H and O–H groups in total. The second kappa shape index (κ2) is 6.00. The number of anilines is 1. The van der Waals surface area contributed by atoms with Crippen LogP contribution in [0.1, 0.15) is 35.8 Å². The number of aliphatic imine (C=N–C) groups is 1. The van der Waals surface area contributed by atoms with Crippen molar-refractivity contribution in [3.05, 3.63) is 59.4 Å². The summed E-state index contributed by atoms with van der Waals surface area (Å²) in [6.45, 7) is 2.19. The number of amidine groups is 1. The lowest BCUT2D eigenvalue weighted by Gasteiger charge is -2.38. The molecule has 1 aromatic heterocycles. The fourth-order valence-corrected chi connectivity index (χ4v) is 3.57. The third-order valence-electron chi connectivity index (χ3n) is 5.44. The molecule has 0 radical (unpaired) electrons. The molecule has 2 heterocycles. The molecule has 4 rings (SSSR count). The number of nitrogens with zero attached hydrogens (tertiary/aromatic N) is 2. The number of aromatic nitrogens is 1. The first kappa shape index (κ1) is 17.4. The summed E-state index contributed by atoms with van der Waals surface area (Å²) in [4.78, 5) is 20.4. The second-order valence-electron chi connectivity index (χ2n) is 7.07. The van der Waals surface area contributed by atoms with E-state index in [1.54, 1.807) is 0 Å². The van der Waals surface area contributed by atoms with E-state index in [9.17, 15) is 13.6 Å². The smallest absolute Gasteiger partial charge is 0.282 e. The van der Waals surface area contributed by atoms with Crippen LogP contribution in [0.3, 0.4) is 0 Å². The fraction of sp³-hybridized carbons (Fsp3) is 0.316. The lowest BCUT2D eigenvalue weighted by molar-refractivity contribution is 0.101. The van der Waals surface area contributed by atoms with E-state index in [4.69, 9.17) is 10.5 Å². The molecule has 1 aromatic carbocycles. The molecule has 140 valence electrons. The van der Waals surface area contributed by atoms with Gasteiger partial charge in [-0.15, -0.1) is 0 Å². The van der Waals surface area contributed by atoms with Gasteiger partial charge in [0.25, 0.3) is 11.9 Å². The normalized spacial score (nSPS) is 22.7. The molecule has 6 nitrogen and oxygen atoms in total. The Bertz CT molecular complexity index is 958. The van der Waals surface area contributed by atoms with Crippen LogP contribution in [0.25, 0.3) is 0 Å². The summed E-state index contributed by atoms with van der Waals surface area (Å²) in [6, 6.07) is 6.73. The number of rotatable bonds is 3. The van der Waals surface area contributed by atoms with Crippen LogP contribution in [-0.2, 0) is 10.3 Å². The average molecular weight is 372 g/mol. The first-order valence-electron chi connectivity index (χ1n) is 8.55. The third kappa shape index (κ3) is 2.81. The highest BCUT2D eigenvalue weighted by atomic mass is 19.1. The second-order valence-corrected chi connectivity index (χ2v) is 7.07. The fourth-order valence-electron chi connectivity index (χ4n) is 3.57. The molecule has 0 unspecified atom stereocenters. The molecule has 0 bridgehead atoms. The van der Waals surface area contributed by atoms with Gasteiger partial charge in [-0.25, -0.2) is 18.8 Å². The van der Waals surface area contributed by atoms with Crippen LogP contribution in [0.15, 0.2) is 41.5 Å². The Morgan fingerprint density at radius 3 is 2.74 bits per heavy atom. The maximum absolute atomic E-state index is 14.7. The monoisotopic (exact) mass is 372 g/mol. The molecule has 1 fully saturated rings. The Morgan fingerprint density at radius 2 is 2.04 bits per heavy atom. The van der Waals surface area contributed by atoms with Crippen molar-refractivity contribution in [1.29, 1.82) is 0 Å². The van der Waals surface area contributed by atoms with Crippen molar-refractivity contribution in [1.82, 2.24) is 4.98 Å². The quantitative estimate of drug-likeness (QED) is 0.867. The Balaban J connectivity index is 1.69. The van der Waals surface area contributed by atoms with Crippen LogP contribution in [0.2, 0.25) is 0 Å². The maximum atomic E-state index is 14.7. The van der Waals surface area contributed by atoms with E-state index >= 15 is 0 Å². The predicted molar refractivity (Wildman–Crippen MR) is 95.1 cm³/mol. The van der Waals surface area contributed by atoms with Crippen LogP contribution in [0.4, 0.5) is 14.5 Å². The summed E-state index contributed by atoms with van der Waals surface area (Å²) in [6.07, 6.45) is 3.01. The molecule has 1 atom stereocenters. The van der Waals surface area contributed by atoms with Gasteiger partial charge in [0, 0.05) is 22.9 Å². The van der Waals surface area contributed by atoms with Crippen LogP contribution in [-0.4, -0.2) is 23.5 Å². The van der Waals surface area contributed by atoms with Gasteiger partial charge in [-0.2, -0.15) is 0 Å². The molecular formula is C19H18F2N4O2. The number of halogens is 2. The van der Waals surface area contributed by atoms with E-state index in [-0.39, 0.29) is 17.1 Å². The SMILES string of the molecule is C[C@]1(c2cc(NC(=O)c3ncccc3F)ccc2F)N=C(N)OCC12CC2. The molecule has 1 aliphatic carbocycles. The van der Waals surface area contributed by atoms with Gasteiger partial charge in [0.2, 0.25) is 0 Å². The molecule has 27 heavy (non-hydrogen) atoms. The number of carbonyl (C=O) groups excluding carboxylic acids is 1. The van der Waals surface area contributed by atoms with Gasteiger partial charge in [0.05, 0.1) is 6.61 Å². The third-order valence-corrected chi connectivity index (χ3v) is 5.44. The van der Waals surface area contributed by atoms with Gasteiger partial charge in [0.1, 0.15) is 11.4 Å². The molecule has 1 amide bonds. The van der Waals surface area contributed by atoms with E-state index in [1.165, 1.54) is 30.5 Å². The first-order valence-corrected chi connectivity index (χ1v) is 8.55. The highest BCUT2D eigenvalue weighted by molar-refractivity contribution is 6.03. The summed E-state index contributed by atoms with van der Waals surface area (Å²) in [5, 5.41) is 2.56. The maximum Gasteiger partial charge on any atom is 0.282 e. The van der Waals surface area contributed by atoms with E-state index in [0.29, 0.717) is 17.9 Å². The average Bonchev–Trinajstić information content (AvgIpc) is 3.42. The Hall–Kier alpha value is -3.03. The Kier molecular flexibility index (Phi) is 3.87. The minimum absolute atomic E-state index is 0.0134. The van der Waals surface area contributed by atoms with E-state index < -0.39 is 23.1 Å². The number of carbonyl (C=O) groups is 1. The largest absolute Gasteiger partial charge is 0.465 e. The number of hydrogen-bond donors (Lipinski definition) is 2. The summed E-state index contributed by atoms with van der Waals surface area (Å²) in [5.74, 6) is -1.90. The predicted octanol–water partition coefficient (Wildman–Crippen LogP) is 2.95. The highest BCUT2D eigenvalue weighted by Crippen LogP contribution is 2.62. The Labute approximate surface area is 154 Å². The molecule has 2 aromatic rings. The van der Waals surface area contributed by atoms with Crippen molar-refractivity contribution >= 4 is 17.6 Å². The Morgan fingerprint density at radius 1 is 1.26 bits per heavy atom. The zero-order valence-corrected chi connectivity index (χ0v) is 14.6. The van der Waals surface area contributed by atoms with Gasteiger partial charge in [-0.05, 0) is 50.1 Å². The summed E-state index contributed by atoms with van der Waals surface area (Å²) < 4.78 is 33.8. The molecule has 1 spiro atoms. The minimum atomic E-state index is -0.906. The van der Waals surface area contributed by atoms with Crippen LogP contribution in [0.5, 0.6) is 0 Å². The number of hydrogen-bond acceptors (Lipinski definition) is 5. The standard InChI is InChI=1S/C19H18F2N4O2/c1-18(19(6-7-19)10-27-17(22)25-18)12-9-11(4-5-13(12)20)24-16(26)15-14(21)3-2-8-23-15/h2-5,8-9H,6-7,10H2,1H3,(H2,22,25)(H,24,26)/t18-/m1/s1. The number of benzene rings is 1. The minimum Gasteiger partial charge on any atom is -0.465 e. The van der Waals surface area contributed by atoms with Crippen molar-refractivity contribution in [3.8, 4) is 0 Å². The van der Waals surface area contributed by atoms with Crippen LogP contribution in [0, 0.1) is 17.0 Å². The highest BCUT2D eigenvalue weighted by Gasteiger charge is 2.61. The molecule has 2 aliphatic rings. The van der Waals surface area contributed by atoms with E-state index in [1.807, 2.05) is 6.92 Å². The van der Waals surface area contributed by atoms with E-state index in [0.717, 1.165) is 18.9 Å². The number of amides is 1. The van der Waals surface area contributed by atoms with Gasteiger partial charge in [-0.1, -0.05) is 0 Å². The number of nitrogens with one attached hydrogen (secondary N) is 1. The lowest BCUT2D eigenvalue weighted by Crippen LogP contribution is -2.43.